The van der Waals surface area contributed by atoms with Gasteiger partial charge >= 0.3 is 0 Å². The molecule has 1 aliphatic rings. The number of rotatable bonds is 8. The van der Waals surface area contributed by atoms with Gasteiger partial charge in [-0.05, 0) is 50.1 Å². The lowest BCUT2D eigenvalue weighted by Crippen LogP contribution is -2.29. The van der Waals surface area contributed by atoms with Crippen LogP contribution in [0.5, 0.6) is 5.75 Å². The lowest BCUT2D eigenvalue weighted by Gasteiger charge is -2.16. The fourth-order valence-corrected chi connectivity index (χ4v) is 5.63. The molecule has 0 spiro atoms. The van der Waals surface area contributed by atoms with Crippen LogP contribution >= 0.6 is 23.1 Å². The van der Waals surface area contributed by atoms with Crippen LogP contribution in [0, 0.1) is 0 Å². The number of hydrogen-bond acceptors (Lipinski definition) is 8. The molecule has 34 heavy (non-hydrogen) atoms. The van der Waals surface area contributed by atoms with Gasteiger partial charge in [0.05, 0.1) is 46.1 Å². The number of aromatic nitrogens is 3. The zero-order valence-corrected chi connectivity index (χ0v) is 20.3. The number of benzene rings is 2. The Balaban J connectivity index is 1.33. The molecule has 0 saturated carbocycles. The van der Waals surface area contributed by atoms with Gasteiger partial charge in [0, 0.05) is 6.61 Å². The van der Waals surface area contributed by atoms with Crippen LogP contribution in [-0.2, 0) is 16.1 Å². The summed E-state index contributed by atoms with van der Waals surface area (Å²) in [6.45, 7) is 3.66. The minimum absolute atomic E-state index is 0.0156. The second kappa shape index (κ2) is 10.1. The van der Waals surface area contributed by atoms with Crippen molar-refractivity contribution in [2.45, 2.75) is 37.6 Å². The number of thioether (sulfide) groups is 1. The summed E-state index contributed by atoms with van der Waals surface area (Å²) in [6.07, 6.45) is 1.88. The molecule has 1 atom stereocenters. The zero-order chi connectivity index (χ0) is 23.5. The van der Waals surface area contributed by atoms with E-state index in [9.17, 15) is 9.59 Å². The molecule has 2 aromatic carbocycles. The molecular weight excluding hydrogens is 472 g/mol. The second-order valence-corrected chi connectivity index (χ2v) is 9.85. The van der Waals surface area contributed by atoms with Crippen LogP contribution in [-0.4, -0.2) is 45.5 Å². The molecule has 8 nitrogen and oxygen atoms in total. The Hall–Kier alpha value is -2.95. The van der Waals surface area contributed by atoms with Gasteiger partial charge in [0.2, 0.25) is 5.91 Å². The van der Waals surface area contributed by atoms with Crippen molar-refractivity contribution < 1.29 is 14.3 Å². The van der Waals surface area contributed by atoms with Crippen LogP contribution in [0.3, 0.4) is 0 Å². The van der Waals surface area contributed by atoms with E-state index in [1.807, 2.05) is 43.3 Å². The van der Waals surface area contributed by atoms with Gasteiger partial charge in [0.1, 0.15) is 5.75 Å². The molecule has 4 aromatic rings. The van der Waals surface area contributed by atoms with Crippen molar-refractivity contribution in [3.05, 3.63) is 52.8 Å². The summed E-state index contributed by atoms with van der Waals surface area (Å²) in [5.41, 5.74) is 1.31. The number of fused-ring (bicyclic) bond motifs is 2. The second-order valence-electron chi connectivity index (χ2n) is 7.88. The van der Waals surface area contributed by atoms with E-state index >= 15 is 0 Å². The van der Waals surface area contributed by atoms with Crippen LogP contribution in [0.25, 0.3) is 21.1 Å². The fraction of sp³-hybridized carbons (Fsp3) is 0.333. The number of hydrogen-bond donors (Lipinski definition) is 1. The summed E-state index contributed by atoms with van der Waals surface area (Å²) < 4.78 is 13.9. The van der Waals surface area contributed by atoms with Gasteiger partial charge in [-0.25, -0.2) is 9.97 Å². The average Bonchev–Trinajstić information content (AvgIpc) is 3.49. The van der Waals surface area contributed by atoms with E-state index in [0.717, 1.165) is 28.8 Å². The number of amides is 1. The largest absolute Gasteiger partial charge is 0.494 e. The van der Waals surface area contributed by atoms with Crippen molar-refractivity contribution in [1.82, 2.24) is 14.5 Å². The first-order chi connectivity index (χ1) is 16.6. The third kappa shape index (κ3) is 4.94. The smallest absolute Gasteiger partial charge is 0.262 e. The topological polar surface area (TPSA) is 95.3 Å². The Labute approximate surface area is 204 Å². The maximum atomic E-state index is 13.2. The fourth-order valence-electron chi connectivity index (χ4n) is 3.91. The number of carbonyl (C=O) groups excluding carboxylic acids is 1. The molecule has 1 aliphatic heterocycles. The molecule has 0 bridgehead atoms. The number of anilines is 1. The molecule has 10 heteroatoms. The molecule has 0 radical (unpaired) electrons. The summed E-state index contributed by atoms with van der Waals surface area (Å²) in [5, 5.41) is 4.47. The number of nitrogens with one attached hydrogen (secondary N) is 1. The van der Waals surface area contributed by atoms with Crippen LogP contribution < -0.4 is 15.6 Å². The summed E-state index contributed by atoms with van der Waals surface area (Å²) in [7, 11) is 0. The molecule has 1 fully saturated rings. The maximum absolute atomic E-state index is 13.2. The van der Waals surface area contributed by atoms with E-state index in [0.29, 0.717) is 40.9 Å². The highest BCUT2D eigenvalue weighted by Gasteiger charge is 2.21. The van der Waals surface area contributed by atoms with Crippen LogP contribution in [0.1, 0.15) is 19.8 Å². The molecule has 1 N–H and O–H groups in total. The summed E-state index contributed by atoms with van der Waals surface area (Å²) in [4.78, 5) is 35.1. The highest BCUT2D eigenvalue weighted by atomic mass is 32.2. The monoisotopic (exact) mass is 496 g/mol. The van der Waals surface area contributed by atoms with E-state index in [1.165, 1.54) is 23.1 Å². The average molecular weight is 497 g/mol. The third-order valence-corrected chi connectivity index (χ3v) is 7.40. The van der Waals surface area contributed by atoms with Crippen LogP contribution in [0.4, 0.5) is 5.13 Å². The summed E-state index contributed by atoms with van der Waals surface area (Å²) in [5.74, 6) is 0.676. The van der Waals surface area contributed by atoms with E-state index in [4.69, 9.17) is 9.47 Å². The minimum Gasteiger partial charge on any atom is -0.494 e. The van der Waals surface area contributed by atoms with Gasteiger partial charge in [0.15, 0.2) is 10.3 Å². The molecule has 5 rings (SSSR count). The van der Waals surface area contributed by atoms with Gasteiger partial charge in [-0.3, -0.25) is 14.2 Å². The van der Waals surface area contributed by atoms with Gasteiger partial charge in [-0.2, -0.15) is 0 Å². The zero-order valence-electron chi connectivity index (χ0n) is 18.7. The van der Waals surface area contributed by atoms with Crippen molar-refractivity contribution >= 4 is 55.3 Å². The van der Waals surface area contributed by atoms with Gasteiger partial charge in [-0.15, -0.1) is 0 Å². The predicted molar refractivity (Wildman–Crippen MR) is 135 cm³/mol. The van der Waals surface area contributed by atoms with E-state index < -0.39 is 0 Å². The molecule has 1 unspecified atom stereocenters. The standard InChI is InChI=1S/C24H24N4O4S2/c1-2-31-15-9-10-19-20(12-15)34-23(25-19)27-21(29)14-33-24-26-18-8-4-3-7-17(18)22(30)28(24)13-16-6-5-11-32-16/h3-4,7-10,12,16H,2,5-6,11,13-14H2,1H3,(H,25,27,29). The number of nitrogens with zero attached hydrogens (tertiary/aromatic N) is 3. The van der Waals surface area contributed by atoms with Gasteiger partial charge in [-0.1, -0.05) is 35.2 Å². The highest BCUT2D eigenvalue weighted by molar-refractivity contribution is 7.99. The normalized spacial score (nSPS) is 15.7. The molecule has 0 aliphatic carbocycles. The molecular formula is C24H24N4O4S2. The highest BCUT2D eigenvalue weighted by Crippen LogP contribution is 2.29. The number of ether oxygens (including phenoxy) is 2. The number of carbonyl (C=O) groups is 1. The van der Waals surface area contributed by atoms with Crippen LogP contribution in [0.15, 0.2) is 52.4 Å². The first kappa shape index (κ1) is 22.8. The third-order valence-electron chi connectivity index (χ3n) is 5.49. The Morgan fingerprint density at radius 1 is 1.26 bits per heavy atom. The SMILES string of the molecule is CCOc1ccc2nc(NC(=O)CSc3nc4ccccc4c(=O)n3CC3CCCO3)sc2c1. The van der Waals surface area contributed by atoms with Gasteiger partial charge in [0.25, 0.3) is 5.56 Å². The predicted octanol–water partition coefficient (Wildman–Crippen LogP) is 4.31. The molecule has 2 aromatic heterocycles. The number of para-hydroxylation sites is 1. The molecule has 1 amide bonds. The Morgan fingerprint density at radius 2 is 2.15 bits per heavy atom. The quantitative estimate of drug-likeness (QED) is 0.287. The van der Waals surface area contributed by atoms with Crippen molar-refractivity contribution in [3.8, 4) is 5.75 Å². The first-order valence-electron chi connectivity index (χ1n) is 11.2. The Morgan fingerprint density at radius 3 is 2.97 bits per heavy atom. The summed E-state index contributed by atoms with van der Waals surface area (Å²) >= 11 is 2.64. The lowest BCUT2D eigenvalue weighted by atomic mass is 10.2. The van der Waals surface area contributed by atoms with Crippen molar-refractivity contribution in [3.63, 3.8) is 0 Å². The molecule has 176 valence electrons. The minimum atomic E-state index is -0.208. The molecule has 3 heterocycles. The van der Waals surface area contributed by atoms with Crippen LogP contribution in [0.2, 0.25) is 0 Å². The Bertz CT molecular complexity index is 1400. The lowest BCUT2D eigenvalue weighted by molar-refractivity contribution is -0.113. The summed E-state index contributed by atoms with van der Waals surface area (Å²) in [6, 6.07) is 12.9. The van der Waals surface area contributed by atoms with E-state index in [-0.39, 0.29) is 23.3 Å². The van der Waals surface area contributed by atoms with E-state index in [1.54, 1.807) is 10.6 Å². The Kier molecular flexibility index (Phi) is 6.80. The van der Waals surface area contributed by atoms with E-state index in [2.05, 4.69) is 15.3 Å². The van der Waals surface area contributed by atoms with Crippen molar-refractivity contribution in [1.29, 1.82) is 0 Å². The van der Waals surface area contributed by atoms with Crippen molar-refractivity contribution in [2.24, 2.45) is 0 Å². The maximum Gasteiger partial charge on any atom is 0.262 e. The van der Waals surface area contributed by atoms with Crippen molar-refractivity contribution in [2.75, 3.05) is 24.3 Å². The first-order valence-corrected chi connectivity index (χ1v) is 13.0. The van der Waals surface area contributed by atoms with Gasteiger partial charge < -0.3 is 14.8 Å². The molecule has 1 saturated heterocycles. The number of thiazole rings is 1.